The maximum atomic E-state index is 11.4. The monoisotopic (exact) mass is 223 g/mol. The van der Waals surface area contributed by atoms with Crippen LogP contribution in [-0.2, 0) is 11.3 Å². The number of rotatable bonds is 6. The number of aromatic nitrogens is 1. The molecule has 90 valence electrons. The lowest BCUT2D eigenvalue weighted by Gasteiger charge is -2.17. The standard InChI is InChI=1S/C12H21N3O/c1-12(2,13)6-5-11(16)14-7-10-15-8-3-4-9-15/h3-4,8-9H,5-7,10,13H2,1-2H3,(H,14,16). The molecule has 0 bridgehead atoms. The molecule has 0 aliphatic heterocycles. The van der Waals surface area contributed by atoms with E-state index >= 15 is 0 Å². The number of carbonyl (C=O) groups is 1. The Morgan fingerprint density at radius 1 is 1.38 bits per heavy atom. The molecule has 4 nitrogen and oxygen atoms in total. The SMILES string of the molecule is CC(C)(N)CCC(=O)NCCn1cccc1. The number of amides is 1. The van der Waals surface area contributed by atoms with Crippen LogP contribution in [0.15, 0.2) is 24.5 Å². The van der Waals surface area contributed by atoms with Crippen LogP contribution in [0.4, 0.5) is 0 Å². The first-order valence-corrected chi connectivity index (χ1v) is 5.64. The van der Waals surface area contributed by atoms with Gasteiger partial charge in [0.05, 0.1) is 0 Å². The van der Waals surface area contributed by atoms with Gasteiger partial charge in [0, 0.05) is 37.4 Å². The minimum Gasteiger partial charge on any atom is -0.354 e. The Morgan fingerprint density at radius 3 is 2.56 bits per heavy atom. The highest BCUT2D eigenvalue weighted by molar-refractivity contribution is 5.75. The van der Waals surface area contributed by atoms with E-state index in [0.717, 1.165) is 6.54 Å². The average Bonchev–Trinajstić information content (AvgIpc) is 2.66. The molecule has 0 atom stereocenters. The van der Waals surface area contributed by atoms with E-state index in [4.69, 9.17) is 5.73 Å². The molecular formula is C12H21N3O. The first kappa shape index (κ1) is 12.8. The van der Waals surface area contributed by atoms with E-state index in [1.54, 1.807) is 0 Å². The molecule has 0 saturated carbocycles. The molecule has 0 aromatic carbocycles. The topological polar surface area (TPSA) is 60.1 Å². The van der Waals surface area contributed by atoms with Crippen LogP contribution in [-0.4, -0.2) is 22.6 Å². The Kier molecular flexibility index (Phi) is 4.55. The number of carbonyl (C=O) groups excluding carboxylic acids is 1. The summed E-state index contributed by atoms with van der Waals surface area (Å²) in [6.07, 6.45) is 5.17. The molecule has 1 rings (SSSR count). The summed E-state index contributed by atoms with van der Waals surface area (Å²) in [5.41, 5.74) is 5.54. The molecule has 16 heavy (non-hydrogen) atoms. The Labute approximate surface area is 96.8 Å². The molecule has 0 aliphatic carbocycles. The van der Waals surface area contributed by atoms with Gasteiger partial charge in [-0.25, -0.2) is 0 Å². The minimum atomic E-state index is -0.266. The molecule has 1 aromatic rings. The van der Waals surface area contributed by atoms with Gasteiger partial charge in [-0.15, -0.1) is 0 Å². The maximum absolute atomic E-state index is 11.4. The summed E-state index contributed by atoms with van der Waals surface area (Å²) in [4.78, 5) is 11.4. The molecule has 1 heterocycles. The summed E-state index contributed by atoms with van der Waals surface area (Å²) >= 11 is 0. The van der Waals surface area contributed by atoms with Crippen molar-refractivity contribution in [3.05, 3.63) is 24.5 Å². The lowest BCUT2D eigenvalue weighted by atomic mass is 10.00. The zero-order chi connectivity index (χ0) is 12.0. The average molecular weight is 223 g/mol. The van der Waals surface area contributed by atoms with Gasteiger partial charge in [-0.05, 0) is 32.4 Å². The maximum Gasteiger partial charge on any atom is 0.220 e. The lowest BCUT2D eigenvalue weighted by molar-refractivity contribution is -0.121. The Morgan fingerprint density at radius 2 is 2.00 bits per heavy atom. The fraction of sp³-hybridized carbons (Fsp3) is 0.583. The zero-order valence-corrected chi connectivity index (χ0v) is 10.1. The van der Waals surface area contributed by atoms with Crippen LogP contribution in [0.5, 0.6) is 0 Å². The van der Waals surface area contributed by atoms with Crippen molar-refractivity contribution in [2.24, 2.45) is 5.73 Å². The van der Waals surface area contributed by atoms with Crippen molar-refractivity contribution in [1.82, 2.24) is 9.88 Å². The number of nitrogens with zero attached hydrogens (tertiary/aromatic N) is 1. The van der Waals surface area contributed by atoms with Gasteiger partial charge < -0.3 is 15.6 Å². The van der Waals surface area contributed by atoms with Crippen LogP contribution in [0.3, 0.4) is 0 Å². The third-order valence-electron chi connectivity index (χ3n) is 2.35. The first-order valence-electron chi connectivity index (χ1n) is 5.64. The van der Waals surface area contributed by atoms with E-state index in [0.29, 0.717) is 19.4 Å². The predicted molar refractivity (Wildman–Crippen MR) is 64.9 cm³/mol. The van der Waals surface area contributed by atoms with Crippen LogP contribution < -0.4 is 11.1 Å². The van der Waals surface area contributed by atoms with Gasteiger partial charge in [0.2, 0.25) is 5.91 Å². The summed E-state index contributed by atoms with van der Waals surface area (Å²) in [5.74, 6) is 0.0747. The second-order valence-electron chi connectivity index (χ2n) is 4.76. The second-order valence-corrected chi connectivity index (χ2v) is 4.76. The molecule has 3 N–H and O–H groups in total. The molecule has 1 aromatic heterocycles. The van der Waals surface area contributed by atoms with Crippen LogP contribution in [0.1, 0.15) is 26.7 Å². The minimum absolute atomic E-state index is 0.0747. The molecule has 0 saturated heterocycles. The van der Waals surface area contributed by atoms with Crippen LogP contribution >= 0.6 is 0 Å². The highest BCUT2D eigenvalue weighted by Crippen LogP contribution is 2.06. The van der Waals surface area contributed by atoms with Crippen molar-refractivity contribution in [2.75, 3.05) is 6.54 Å². The van der Waals surface area contributed by atoms with Crippen LogP contribution in [0.25, 0.3) is 0 Å². The quantitative estimate of drug-likeness (QED) is 0.759. The number of hydrogen-bond donors (Lipinski definition) is 2. The molecule has 1 amide bonds. The summed E-state index contributed by atoms with van der Waals surface area (Å²) in [6, 6.07) is 3.94. The first-order chi connectivity index (χ1) is 7.47. The molecule has 0 aliphatic rings. The third-order valence-corrected chi connectivity index (χ3v) is 2.35. The van der Waals surface area contributed by atoms with Crippen molar-refractivity contribution in [3.63, 3.8) is 0 Å². The van der Waals surface area contributed by atoms with Crippen molar-refractivity contribution in [3.8, 4) is 0 Å². The molecule has 0 unspecified atom stereocenters. The number of nitrogens with one attached hydrogen (secondary N) is 1. The number of hydrogen-bond acceptors (Lipinski definition) is 2. The van der Waals surface area contributed by atoms with Crippen molar-refractivity contribution in [2.45, 2.75) is 38.8 Å². The molecule has 0 radical (unpaired) electrons. The number of nitrogens with two attached hydrogens (primary N) is 1. The van der Waals surface area contributed by atoms with E-state index in [-0.39, 0.29) is 11.4 Å². The highest BCUT2D eigenvalue weighted by atomic mass is 16.1. The predicted octanol–water partition coefficient (Wildman–Crippen LogP) is 1.12. The van der Waals surface area contributed by atoms with Gasteiger partial charge in [-0.1, -0.05) is 0 Å². The second kappa shape index (κ2) is 5.70. The molecule has 0 spiro atoms. The smallest absolute Gasteiger partial charge is 0.220 e. The van der Waals surface area contributed by atoms with Crippen molar-refractivity contribution >= 4 is 5.91 Å². The normalized spacial score (nSPS) is 11.4. The lowest BCUT2D eigenvalue weighted by Crippen LogP contribution is -2.35. The fourth-order valence-corrected chi connectivity index (χ4v) is 1.37. The Bertz CT molecular complexity index is 312. The van der Waals surface area contributed by atoms with Crippen LogP contribution in [0.2, 0.25) is 0 Å². The van der Waals surface area contributed by atoms with Gasteiger partial charge in [0.25, 0.3) is 0 Å². The fourth-order valence-electron chi connectivity index (χ4n) is 1.37. The summed E-state index contributed by atoms with van der Waals surface area (Å²) in [7, 11) is 0. The van der Waals surface area contributed by atoms with Gasteiger partial charge in [-0.3, -0.25) is 4.79 Å². The summed E-state index contributed by atoms with van der Waals surface area (Å²) in [6.45, 7) is 5.34. The van der Waals surface area contributed by atoms with Crippen LogP contribution in [0, 0.1) is 0 Å². The van der Waals surface area contributed by atoms with Gasteiger partial charge in [0.15, 0.2) is 0 Å². The zero-order valence-electron chi connectivity index (χ0n) is 10.1. The summed E-state index contributed by atoms with van der Waals surface area (Å²) in [5, 5.41) is 2.88. The summed E-state index contributed by atoms with van der Waals surface area (Å²) < 4.78 is 2.03. The third kappa shape index (κ3) is 5.56. The molecular weight excluding hydrogens is 202 g/mol. The van der Waals surface area contributed by atoms with E-state index in [1.807, 2.05) is 42.9 Å². The van der Waals surface area contributed by atoms with Crippen molar-refractivity contribution < 1.29 is 4.79 Å². The molecule has 4 heteroatoms. The van der Waals surface area contributed by atoms with E-state index in [2.05, 4.69) is 5.32 Å². The largest absolute Gasteiger partial charge is 0.354 e. The van der Waals surface area contributed by atoms with Gasteiger partial charge >= 0.3 is 0 Å². The molecule has 0 fully saturated rings. The Hall–Kier alpha value is -1.29. The highest BCUT2D eigenvalue weighted by Gasteiger charge is 2.12. The Balaban J connectivity index is 2.11. The van der Waals surface area contributed by atoms with Crippen molar-refractivity contribution in [1.29, 1.82) is 0 Å². The van der Waals surface area contributed by atoms with Gasteiger partial charge in [0.1, 0.15) is 0 Å². The van der Waals surface area contributed by atoms with E-state index in [9.17, 15) is 4.79 Å². The van der Waals surface area contributed by atoms with E-state index < -0.39 is 0 Å². The van der Waals surface area contributed by atoms with Gasteiger partial charge in [-0.2, -0.15) is 0 Å². The van der Waals surface area contributed by atoms with E-state index in [1.165, 1.54) is 0 Å².